The van der Waals surface area contributed by atoms with Crippen molar-refractivity contribution in [2.75, 3.05) is 16.8 Å². The summed E-state index contributed by atoms with van der Waals surface area (Å²) in [6, 6.07) is 10.1. The third kappa shape index (κ3) is 4.42. The number of hydrogen-bond acceptors (Lipinski definition) is 5. The number of carbonyl (C=O) groups is 2. The zero-order chi connectivity index (χ0) is 22.1. The van der Waals surface area contributed by atoms with Crippen molar-refractivity contribution < 1.29 is 32.4 Å². The molecule has 1 heterocycles. The molecule has 1 fully saturated rings. The second-order valence-electron chi connectivity index (χ2n) is 6.58. The first-order valence-electron chi connectivity index (χ1n) is 8.49. The zero-order valence-electron chi connectivity index (χ0n) is 15.4. The molecule has 2 N–H and O–H groups in total. The molecular weight excluding hydrogens is 409 g/mol. The minimum atomic E-state index is -4.99. The van der Waals surface area contributed by atoms with E-state index < -0.39 is 40.2 Å². The third-order valence-electron chi connectivity index (χ3n) is 4.21. The number of ether oxygens (including phenoxy) is 1. The largest absolute Gasteiger partial charge is 0.423 e. The van der Waals surface area contributed by atoms with Crippen molar-refractivity contribution in [3.63, 3.8) is 0 Å². The van der Waals surface area contributed by atoms with Gasteiger partial charge in [0.1, 0.15) is 5.56 Å². The molecule has 0 saturated carbocycles. The topological polar surface area (TPSA) is 114 Å². The summed E-state index contributed by atoms with van der Waals surface area (Å²) in [6.45, 7) is 1.38. The molecule has 9 nitrogen and oxygen atoms in total. The number of para-hydroxylation sites is 1. The smallest absolute Gasteiger partial charge is 0.421 e. The number of nitrogens with zero attached hydrogens (tertiary/aromatic N) is 2. The van der Waals surface area contributed by atoms with Crippen molar-refractivity contribution in [3.8, 4) is 0 Å². The van der Waals surface area contributed by atoms with Gasteiger partial charge in [0.15, 0.2) is 0 Å². The number of amides is 3. The summed E-state index contributed by atoms with van der Waals surface area (Å²) < 4.78 is 44.4. The van der Waals surface area contributed by atoms with Crippen LogP contribution in [0.2, 0.25) is 0 Å². The molecule has 0 bridgehead atoms. The molecule has 30 heavy (non-hydrogen) atoms. The summed E-state index contributed by atoms with van der Waals surface area (Å²) in [5.41, 5.74) is -3.90. The van der Waals surface area contributed by atoms with Gasteiger partial charge in [-0.3, -0.25) is 25.6 Å². The first kappa shape index (κ1) is 20.9. The van der Waals surface area contributed by atoms with Gasteiger partial charge in [-0.2, -0.15) is 13.2 Å². The van der Waals surface area contributed by atoms with Gasteiger partial charge in [-0.15, -0.1) is 0 Å². The molecule has 1 aliphatic rings. The molecule has 0 aliphatic carbocycles. The highest BCUT2D eigenvalue weighted by molar-refractivity contribution is 5.95. The SMILES string of the molecule is CC1(OC(=O)Nc2ccc([N+](=O)[O-])c(C(F)(F)F)c2)CN(c2ccccc2)C(=O)N1. The fraction of sp³-hybridized carbons (Fsp3) is 0.222. The standard InChI is InChI=1S/C18H15F3N4O5/c1-17(10-24(15(26)23-17)12-5-3-2-4-6-12)30-16(27)22-11-7-8-14(25(28)29)13(9-11)18(19,20)21/h2-9H,10H2,1H3,(H,22,27)(H,23,26). The first-order chi connectivity index (χ1) is 14.0. The van der Waals surface area contributed by atoms with Crippen LogP contribution >= 0.6 is 0 Å². The maximum absolute atomic E-state index is 13.1. The number of nitro benzene ring substituents is 1. The van der Waals surface area contributed by atoms with Crippen LogP contribution in [-0.4, -0.2) is 29.3 Å². The van der Waals surface area contributed by atoms with Crippen LogP contribution in [0.3, 0.4) is 0 Å². The minimum absolute atomic E-state index is 0.0443. The van der Waals surface area contributed by atoms with E-state index in [4.69, 9.17) is 4.74 Å². The van der Waals surface area contributed by atoms with E-state index in [9.17, 15) is 32.9 Å². The van der Waals surface area contributed by atoms with Crippen LogP contribution in [0.25, 0.3) is 0 Å². The van der Waals surface area contributed by atoms with Gasteiger partial charge in [0, 0.05) is 17.4 Å². The molecule has 0 radical (unpaired) electrons. The highest BCUT2D eigenvalue weighted by atomic mass is 19.4. The number of halogens is 3. The summed E-state index contributed by atoms with van der Waals surface area (Å²) >= 11 is 0. The van der Waals surface area contributed by atoms with E-state index >= 15 is 0 Å². The highest BCUT2D eigenvalue weighted by Crippen LogP contribution is 2.37. The minimum Gasteiger partial charge on any atom is -0.421 e. The molecule has 3 amide bonds. The normalized spacial score (nSPS) is 18.7. The van der Waals surface area contributed by atoms with E-state index in [1.807, 2.05) is 0 Å². The number of carbonyl (C=O) groups excluding carboxylic acids is 2. The number of benzene rings is 2. The molecule has 1 atom stereocenters. The van der Waals surface area contributed by atoms with E-state index in [2.05, 4.69) is 10.6 Å². The molecule has 1 unspecified atom stereocenters. The monoisotopic (exact) mass is 424 g/mol. The number of alkyl halides is 3. The lowest BCUT2D eigenvalue weighted by atomic mass is 10.1. The van der Waals surface area contributed by atoms with E-state index in [1.54, 1.807) is 30.3 Å². The Morgan fingerprint density at radius 3 is 2.53 bits per heavy atom. The van der Waals surface area contributed by atoms with Gasteiger partial charge >= 0.3 is 18.3 Å². The van der Waals surface area contributed by atoms with Crippen LogP contribution in [0.4, 0.5) is 39.8 Å². The lowest BCUT2D eigenvalue weighted by molar-refractivity contribution is -0.388. The molecule has 1 saturated heterocycles. The Morgan fingerprint density at radius 1 is 1.27 bits per heavy atom. The lowest BCUT2D eigenvalue weighted by Gasteiger charge is -2.24. The summed E-state index contributed by atoms with van der Waals surface area (Å²) in [5, 5.41) is 15.4. The van der Waals surface area contributed by atoms with Gasteiger partial charge in [-0.25, -0.2) is 9.59 Å². The van der Waals surface area contributed by atoms with Crippen molar-refractivity contribution in [3.05, 3.63) is 64.2 Å². The average Bonchev–Trinajstić information content (AvgIpc) is 2.95. The van der Waals surface area contributed by atoms with Crippen LogP contribution in [0.1, 0.15) is 12.5 Å². The number of nitrogens with one attached hydrogen (secondary N) is 2. The van der Waals surface area contributed by atoms with Crippen LogP contribution in [0, 0.1) is 10.1 Å². The molecule has 0 spiro atoms. The molecule has 158 valence electrons. The number of urea groups is 1. The Bertz CT molecular complexity index is 999. The van der Waals surface area contributed by atoms with Crippen molar-refractivity contribution in [2.45, 2.75) is 18.8 Å². The average molecular weight is 424 g/mol. The van der Waals surface area contributed by atoms with Gasteiger partial charge < -0.3 is 4.74 Å². The molecule has 3 rings (SSSR count). The Labute approximate surface area is 167 Å². The van der Waals surface area contributed by atoms with Crippen LogP contribution < -0.4 is 15.5 Å². The van der Waals surface area contributed by atoms with Crippen molar-refractivity contribution >= 4 is 29.2 Å². The summed E-state index contributed by atoms with van der Waals surface area (Å²) in [4.78, 5) is 35.4. The number of hydrogen-bond donors (Lipinski definition) is 2. The van der Waals surface area contributed by atoms with E-state index in [0.29, 0.717) is 17.8 Å². The quantitative estimate of drug-likeness (QED) is 0.566. The number of nitro groups is 1. The molecule has 2 aromatic rings. The lowest BCUT2D eigenvalue weighted by Crippen LogP contribution is -2.45. The number of anilines is 2. The Hall–Kier alpha value is -3.83. The summed E-state index contributed by atoms with van der Waals surface area (Å²) in [7, 11) is 0. The van der Waals surface area contributed by atoms with E-state index in [0.717, 1.165) is 6.07 Å². The maximum atomic E-state index is 13.1. The molecule has 0 aromatic heterocycles. The first-order valence-corrected chi connectivity index (χ1v) is 8.49. The van der Waals surface area contributed by atoms with Crippen molar-refractivity contribution in [1.29, 1.82) is 0 Å². The molecular formula is C18H15F3N4O5. The van der Waals surface area contributed by atoms with Crippen LogP contribution in [0.5, 0.6) is 0 Å². The fourth-order valence-corrected chi connectivity index (χ4v) is 2.93. The zero-order valence-corrected chi connectivity index (χ0v) is 15.4. The Kier molecular flexibility index (Phi) is 5.25. The van der Waals surface area contributed by atoms with Crippen molar-refractivity contribution in [1.82, 2.24) is 5.32 Å². The highest BCUT2D eigenvalue weighted by Gasteiger charge is 2.43. The molecule has 2 aromatic carbocycles. The van der Waals surface area contributed by atoms with Gasteiger partial charge in [0.05, 0.1) is 11.5 Å². The van der Waals surface area contributed by atoms with E-state index in [1.165, 1.54) is 11.8 Å². The second-order valence-corrected chi connectivity index (χ2v) is 6.58. The summed E-state index contributed by atoms with van der Waals surface area (Å²) in [5.74, 6) is 0. The van der Waals surface area contributed by atoms with Crippen molar-refractivity contribution in [2.24, 2.45) is 0 Å². The fourth-order valence-electron chi connectivity index (χ4n) is 2.93. The Balaban J connectivity index is 1.73. The predicted molar refractivity (Wildman–Crippen MR) is 98.9 cm³/mol. The van der Waals surface area contributed by atoms with Crippen LogP contribution in [-0.2, 0) is 10.9 Å². The van der Waals surface area contributed by atoms with Gasteiger partial charge in [-0.05, 0) is 31.2 Å². The maximum Gasteiger partial charge on any atom is 0.423 e. The van der Waals surface area contributed by atoms with Gasteiger partial charge in [0.25, 0.3) is 5.69 Å². The molecule has 12 heteroatoms. The summed E-state index contributed by atoms with van der Waals surface area (Å²) in [6.07, 6.45) is -6.14. The third-order valence-corrected chi connectivity index (χ3v) is 4.21. The number of rotatable bonds is 4. The van der Waals surface area contributed by atoms with Gasteiger partial charge in [0.2, 0.25) is 5.72 Å². The Morgan fingerprint density at radius 2 is 1.93 bits per heavy atom. The molecule has 1 aliphatic heterocycles. The predicted octanol–water partition coefficient (Wildman–Crippen LogP) is 4.11. The van der Waals surface area contributed by atoms with Gasteiger partial charge in [-0.1, -0.05) is 18.2 Å². The van der Waals surface area contributed by atoms with Crippen LogP contribution in [0.15, 0.2) is 48.5 Å². The second kappa shape index (κ2) is 7.54. The van der Waals surface area contributed by atoms with E-state index in [-0.39, 0.29) is 12.2 Å².